The van der Waals surface area contributed by atoms with Crippen LogP contribution in [0.3, 0.4) is 0 Å². The van der Waals surface area contributed by atoms with Crippen LogP contribution < -0.4 is 3.71 Å². The summed E-state index contributed by atoms with van der Waals surface area (Å²) in [4.78, 5) is 10.8. The van der Waals surface area contributed by atoms with Gasteiger partial charge in [0.1, 0.15) is 0 Å². The second-order valence-corrected chi connectivity index (χ2v) is 18.9. The molecule has 0 aliphatic rings. The first kappa shape index (κ1) is 9.13. The van der Waals surface area contributed by atoms with E-state index in [0.29, 0.717) is 0 Å². The van der Waals surface area contributed by atoms with Crippen molar-refractivity contribution in [3.05, 3.63) is 30.3 Å². The zero-order chi connectivity index (χ0) is 9.47. The number of aromatic nitrogens is 1. The maximum atomic E-state index is 3.53. The molecule has 68 valence electrons. The molecular formula is C11H15NSn. The minimum atomic E-state index is -1.88. The van der Waals surface area contributed by atoms with Gasteiger partial charge in [-0.3, -0.25) is 0 Å². The summed E-state index contributed by atoms with van der Waals surface area (Å²) in [5, 5.41) is 1.35. The van der Waals surface area contributed by atoms with Crippen LogP contribution in [-0.4, -0.2) is 23.4 Å². The fourth-order valence-electron chi connectivity index (χ4n) is 1.48. The Balaban J connectivity index is 2.63. The Kier molecular flexibility index (Phi) is 2.14. The van der Waals surface area contributed by atoms with Gasteiger partial charge in [-0.15, -0.1) is 0 Å². The number of hydrogen-bond acceptors (Lipinski definition) is 0. The van der Waals surface area contributed by atoms with Gasteiger partial charge in [-0.1, -0.05) is 0 Å². The third-order valence-corrected chi connectivity index (χ3v) is 7.72. The predicted octanol–water partition coefficient (Wildman–Crippen LogP) is 2.71. The molecule has 0 atom stereocenters. The van der Waals surface area contributed by atoms with Crippen molar-refractivity contribution in [3.8, 4) is 0 Å². The van der Waals surface area contributed by atoms with Gasteiger partial charge in [0, 0.05) is 0 Å². The number of fused-ring (bicyclic) bond motifs is 1. The van der Waals surface area contributed by atoms with Crippen molar-refractivity contribution in [3.63, 3.8) is 0 Å². The Morgan fingerprint density at radius 2 is 1.77 bits per heavy atom. The molecular weight excluding hydrogens is 265 g/mol. The Labute approximate surface area is 83.0 Å². The Morgan fingerprint density at radius 1 is 1.08 bits per heavy atom. The van der Waals surface area contributed by atoms with Crippen LogP contribution >= 0.6 is 0 Å². The summed E-state index contributed by atoms with van der Waals surface area (Å²) in [5.74, 6) is 0. The van der Waals surface area contributed by atoms with E-state index in [0.717, 1.165) is 0 Å². The van der Waals surface area contributed by atoms with Crippen molar-refractivity contribution in [1.29, 1.82) is 0 Å². The zero-order valence-corrected chi connectivity index (χ0v) is 11.2. The fraction of sp³-hybridized carbons (Fsp3) is 0.273. The number of rotatable bonds is 1. The van der Waals surface area contributed by atoms with Gasteiger partial charge in [0.25, 0.3) is 0 Å². The molecule has 0 aliphatic carbocycles. The van der Waals surface area contributed by atoms with E-state index >= 15 is 0 Å². The topological polar surface area (TPSA) is 15.8 Å². The number of hydrogen-bond donors (Lipinski definition) is 1. The van der Waals surface area contributed by atoms with E-state index in [-0.39, 0.29) is 0 Å². The van der Waals surface area contributed by atoms with Crippen LogP contribution in [0.2, 0.25) is 14.8 Å². The molecule has 0 amide bonds. The van der Waals surface area contributed by atoms with E-state index in [4.69, 9.17) is 0 Å². The SMILES string of the molecule is [CH3][Sn]([CH3])([CH3])[c]1cc2ccccc2[nH]1. The predicted molar refractivity (Wildman–Crippen MR) is 61.3 cm³/mol. The molecule has 2 rings (SSSR count). The van der Waals surface area contributed by atoms with Crippen molar-refractivity contribution in [1.82, 2.24) is 4.98 Å². The van der Waals surface area contributed by atoms with Gasteiger partial charge in [0.05, 0.1) is 0 Å². The molecule has 2 heteroatoms. The van der Waals surface area contributed by atoms with Gasteiger partial charge in [-0.2, -0.15) is 0 Å². The first-order valence-electron chi connectivity index (χ1n) is 4.65. The number of H-pyrrole nitrogens is 1. The fourth-order valence-corrected chi connectivity index (χ4v) is 4.61. The summed E-state index contributed by atoms with van der Waals surface area (Å²) >= 11 is -1.88. The number of para-hydroxylation sites is 1. The van der Waals surface area contributed by atoms with Gasteiger partial charge < -0.3 is 0 Å². The van der Waals surface area contributed by atoms with E-state index in [2.05, 4.69) is 50.1 Å². The molecule has 0 bridgehead atoms. The Hall–Kier alpha value is -0.441. The summed E-state index contributed by atoms with van der Waals surface area (Å²) in [6.07, 6.45) is 0. The second-order valence-electron chi connectivity index (χ2n) is 4.52. The molecule has 0 saturated carbocycles. The van der Waals surface area contributed by atoms with Crippen LogP contribution in [0, 0.1) is 0 Å². The van der Waals surface area contributed by atoms with Gasteiger partial charge in [-0.25, -0.2) is 0 Å². The van der Waals surface area contributed by atoms with Gasteiger partial charge >= 0.3 is 83.1 Å². The maximum absolute atomic E-state index is 3.53. The molecule has 1 nitrogen and oxygen atoms in total. The molecule has 0 aliphatic heterocycles. The van der Waals surface area contributed by atoms with Crippen molar-refractivity contribution in [2.45, 2.75) is 14.8 Å². The van der Waals surface area contributed by atoms with Crippen LogP contribution in [-0.2, 0) is 0 Å². The third-order valence-electron chi connectivity index (χ3n) is 2.34. The molecule has 0 saturated heterocycles. The summed E-state index contributed by atoms with van der Waals surface area (Å²) < 4.78 is 1.51. The van der Waals surface area contributed by atoms with Crippen LogP contribution in [0.15, 0.2) is 30.3 Å². The van der Waals surface area contributed by atoms with Crippen LogP contribution in [0.4, 0.5) is 0 Å². The molecule has 1 heterocycles. The standard InChI is InChI=1S/C8H6N.3CH3.Sn/c1-2-4-8-7(3-1)5-6-9-8;;;;/h1-5,9H;3*1H3;. The van der Waals surface area contributed by atoms with Crippen molar-refractivity contribution in [2.24, 2.45) is 0 Å². The molecule has 1 aromatic carbocycles. The molecule has 1 aromatic heterocycles. The summed E-state index contributed by atoms with van der Waals surface area (Å²) in [6.45, 7) is 0. The van der Waals surface area contributed by atoms with E-state index in [1.165, 1.54) is 14.6 Å². The van der Waals surface area contributed by atoms with Gasteiger partial charge in [0.2, 0.25) is 0 Å². The first-order chi connectivity index (χ1) is 6.07. The monoisotopic (exact) mass is 281 g/mol. The Bertz CT molecular complexity index is 390. The number of aromatic amines is 1. The van der Waals surface area contributed by atoms with Crippen LogP contribution in [0.25, 0.3) is 10.9 Å². The average molecular weight is 280 g/mol. The molecule has 2 aromatic rings. The van der Waals surface area contributed by atoms with Crippen molar-refractivity contribution in [2.75, 3.05) is 0 Å². The van der Waals surface area contributed by atoms with Crippen LogP contribution in [0.5, 0.6) is 0 Å². The summed E-state index contributed by atoms with van der Waals surface area (Å²) in [7, 11) is 0. The molecule has 0 spiro atoms. The average Bonchev–Trinajstić information content (AvgIpc) is 2.45. The van der Waals surface area contributed by atoms with E-state index in [1.807, 2.05) is 0 Å². The number of nitrogens with one attached hydrogen (secondary N) is 1. The molecule has 1 N–H and O–H groups in total. The number of benzene rings is 1. The Morgan fingerprint density at radius 3 is 2.38 bits per heavy atom. The van der Waals surface area contributed by atoms with E-state index in [9.17, 15) is 0 Å². The molecule has 13 heavy (non-hydrogen) atoms. The third kappa shape index (κ3) is 1.75. The summed E-state index contributed by atoms with van der Waals surface area (Å²) in [5.41, 5.74) is 1.28. The van der Waals surface area contributed by atoms with E-state index < -0.39 is 18.4 Å². The van der Waals surface area contributed by atoms with Crippen LogP contribution in [0.1, 0.15) is 0 Å². The van der Waals surface area contributed by atoms with Crippen molar-refractivity contribution >= 4 is 33.0 Å². The van der Waals surface area contributed by atoms with Crippen molar-refractivity contribution < 1.29 is 0 Å². The molecule has 0 fully saturated rings. The second kappa shape index (κ2) is 3.05. The molecule has 0 unspecified atom stereocenters. The van der Waals surface area contributed by atoms with Gasteiger partial charge in [-0.05, 0) is 0 Å². The summed E-state index contributed by atoms with van der Waals surface area (Å²) in [6, 6.07) is 10.8. The zero-order valence-electron chi connectivity index (χ0n) is 8.39. The minimum absolute atomic E-state index is 1.28. The quantitative estimate of drug-likeness (QED) is 0.773. The molecule has 0 radical (unpaired) electrons. The van der Waals surface area contributed by atoms with E-state index in [1.54, 1.807) is 0 Å². The first-order valence-corrected chi connectivity index (χ1v) is 14.6. The van der Waals surface area contributed by atoms with Gasteiger partial charge in [0.15, 0.2) is 0 Å². The normalized spacial score (nSPS) is 12.2.